The molecule has 1 aliphatic rings. The minimum Gasteiger partial charge on any atom is -0.235 e. The van der Waals surface area contributed by atoms with Crippen LogP contribution in [-0.2, 0) is 15.6 Å². The van der Waals surface area contributed by atoms with Gasteiger partial charge in [0.25, 0.3) is 0 Å². The van der Waals surface area contributed by atoms with Crippen LogP contribution in [0.4, 0.5) is 0 Å². The van der Waals surface area contributed by atoms with Crippen LogP contribution in [0, 0.1) is 0 Å². The summed E-state index contributed by atoms with van der Waals surface area (Å²) in [7, 11) is -3.13. The molecule has 88 valence electrons. The Bertz CT molecular complexity index is 529. The molecule has 1 saturated carbocycles. The van der Waals surface area contributed by atoms with Crippen LogP contribution in [0.3, 0.4) is 0 Å². The van der Waals surface area contributed by atoms with Gasteiger partial charge in [-0.2, -0.15) is 0 Å². The maximum Gasteiger partial charge on any atom is 0.154 e. The maximum atomic E-state index is 11.2. The van der Waals surface area contributed by atoms with Crippen LogP contribution < -0.4 is 0 Å². The maximum absolute atomic E-state index is 11.2. The highest BCUT2D eigenvalue weighted by Gasteiger charge is 2.29. The van der Waals surface area contributed by atoms with E-state index >= 15 is 0 Å². The van der Waals surface area contributed by atoms with Crippen molar-refractivity contribution in [3.63, 3.8) is 0 Å². The van der Waals surface area contributed by atoms with Crippen LogP contribution in [0.1, 0.15) is 30.3 Å². The van der Waals surface area contributed by atoms with Crippen molar-refractivity contribution in [1.82, 2.24) is 9.97 Å². The van der Waals surface area contributed by atoms with E-state index in [9.17, 15) is 8.42 Å². The highest BCUT2D eigenvalue weighted by Crippen LogP contribution is 2.43. The van der Waals surface area contributed by atoms with E-state index in [1.807, 2.05) is 0 Å². The van der Waals surface area contributed by atoms with Gasteiger partial charge in [0.1, 0.15) is 16.7 Å². The lowest BCUT2D eigenvalue weighted by Gasteiger charge is -2.06. The van der Waals surface area contributed by atoms with Gasteiger partial charge in [-0.25, -0.2) is 18.4 Å². The first kappa shape index (κ1) is 12.3. The van der Waals surface area contributed by atoms with Gasteiger partial charge in [-0.15, -0.1) is 0 Å². The fraction of sp³-hybridized carbons (Fsp3) is 0.556. The zero-order valence-corrected chi connectivity index (χ0v) is 11.7. The van der Waals surface area contributed by atoms with Crippen molar-refractivity contribution in [2.45, 2.75) is 24.5 Å². The minimum atomic E-state index is -3.13. The number of hydrogen-bond acceptors (Lipinski definition) is 4. The lowest BCUT2D eigenvalue weighted by atomic mass is 10.3. The van der Waals surface area contributed by atoms with Crippen molar-refractivity contribution < 1.29 is 8.42 Å². The molecule has 1 heterocycles. The van der Waals surface area contributed by atoms with Crippen molar-refractivity contribution in [2.75, 3.05) is 6.26 Å². The average molecular weight is 326 g/mol. The van der Waals surface area contributed by atoms with Gasteiger partial charge in [-0.1, -0.05) is 11.6 Å². The van der Waals surface area contributed by atoms with Gasteiger partial charge in [0.2, 0.25) is 0 Å². The lowest BCUT2D eigenvalue weighted by molar-refractivity contribution is 0.599. The molecule has 0 unspecified atom stereocenters. The predicted molar refractivity (Wildman–Crippen MR) is 65.3 cm³/mol. The van der Waals surface area contributed by atoms with Gasteiger partial charge in [-0.3, -0.25) is 0 Å². The monoisotopic (exact) mass is 324 g/mol. The Morgan fingerprint density at radius 3 is 2.56 bits per heavy atom. The molecule has 0 bridgehead atoms. The fourth-order valence-corrected chi connectivity index (χ4v) is 2.70. The summed E-state index contributed by atoms with van der Waals surface area (Å²) >= 11 is 9.26. The third kappa shape index (κ3) is 2.93. The summed E-state index contributed by atoms with van der Waals surface area (Å²) in [5.41, 5.74) is 0.832. The first-order chi connectivity index (χ1) is 7.37. The smallest absolute Gasteiger partial charge is 0.154 e. The Hall–Kier alpha value is -0.200. The molecule has 0 aromatic carbocycles. The van der Waals surface area contributed by atoms with Crippen LogP contribution in [0.15, 0.2) is 4.47 Å². The molecule has 0 saturated heterocycles. The molecule has 0 spiro atoms. The highest BCUT2D eigenvalue weighted by atomic mass is 79.9. The zero-order valence-electron chi connectivity index (χ0n) is 8.57. The number of rotatable bonds is 3. The molecule has 0 N–H and O–H groups in total. The quantitative estimate of drug-likeness (QED) is 0.800. The second kappa shape index (κ2) is 4.23. The van der Waals surface area contributed by atoms with Crippen LogP contribution in [0.5, 0.6) is 0 Å². The summed E-state index contributed by atoms with van der Waals surface area (Å²) in [6, 6.07) is 0. The molecule has 1 aromatic heterocycles. The third-order valence-corrected chi connectivity index (χ3v) is 4.30. The summed E-state index contributed by atoms with van der Waals surface area (Å²) in [5.74, 6) is 0.505. The molecule has 1 fully saturated rings. The van der Waals surface area contributed by atoms with Gasteiger partial charge < -0.3 is 0 Å². The normalized spacial score (nSPS) is 16.4. The number of hydrogen-bond donors (Lipinski definition) is 0. The predicted octanol–water partition coefficient (Wildman–Crippen LogP) is 2.31. The van der Waals surface area contributed by atoms with Crippen molar-refractivity contribution >= 4 is 37.4 Å². The molecule has 1 aromatic rings. The summed E-state index contributed by atoms with van der Waals surface area (Å²) in [5, 5.41) is 0.288. The van der Waals surface area contributed by atoms with E-state index in [2.05, 4.69) is 25.9 Å². The van der Waals surface area contributed by atoms with E-state index in [0.29, 0.717) is 10.4 Å². The van der Waals surface area contributed by atoms with E-state index in [4.69, 9.17) is 11.6 Å². The number of sulfone groups is 1. The van der Waals surface area contributed by atoms with Crippen molar-refractivity contribution in [3.8, 4) is 0 Å². The first-order valence-corrected chi connectivity index (χ1v) is 7.99. The number of aromatic nitrogens is 2. The van der Waals surface area contributed by atoms with Crippen molar-refractivity contribution in [1.29, 1.82) is 0 Å². The Labute approximate surface area is 107 Å². The second-order valence-electron chi connectivity index (χ2n) is 3.97. The molecule has 0 amide bonds. The number of nitrogens with zero attached hydrogens (tertiary/aromatic N) is 2. The molecule has 0 radical (unpaired) electrons. The van der Waals surface area contributed by atoms with E-state index < -0.39 is 9.84 Å². The van der Waals surface area contributed by atoms with E-state index in [-0.39, 0.29) is 16.7 Å². The molecule has 7 heteroatoms. The zero-order chi connectivity index (χ0) is 11.9. The largest absolute Gasteiger partial charge is 0.235 e. The molecule has 0 atom stereocenters. The summed E-state index contributed by atoms with van der Waals surface area (Å²) in [4.78, 5) is 8.22. The van der Waals surface area contributed by atoms with Crippen LogP contribution >= 0.6 is 27.5 Å². The van der Waals surface area contributed by atoms with E-state index in [1.165, 1.54) is 0 Å². The molecule has 0 aliphatic heterocycles. The SMILES string of the molecule is CS(=O)(=O)Cc1nc(Cl)c(Br)c(C2CC2)n1. The summed E-state index contributed by atoms with van der Waals surface area (Å²) in [6.07, 6.45) is 3.30. The Kier molecular flexibility index (Phi) is 3.25. The van der Waals surface area contributed by atoms with Crippen LogP contribution in [-0.4, -0.2) is 24.6 Å². The molecular weight excluding hydrogens is 316 g/mol. The topological polar surface area (TPSA) is 59.9 Å². The Morgan fingerprint density at radius 2 is 2.06 bits per heavy atom. The fourth-order valence-electron chi connectivity index (χ4n) is 1.41. The Morgan fingerprint density at radius 1 is 1.44 bits per heavy atom. The standard InChI is InChI=1S/C9H10BrClN2O2S/c1-16(14,15)4-6-12-8(5-2-3-5)7(10)9(11)13-6/h5H,2-4H2,1H3. The van der Waals surface area contributed by atoms with E-state index in [0.717, 1.165) is 24.8 Å². The molecule has 4 nitrogen and oxygen atoms in total. The van der Waals surface area contributed by atoms with Crippen molar-refractivity contribution in [2.24, 2.45) is 0 Å². The van der Waals surface area contributed by atoms with Gasteiger partial charge in [0.15, 0.2) is 9.84 Å². The van der Waals surface area contributed by atoms with Gasteiger partial charge in [0.05, 0.1) is 10.2 Å². The number of halogens is 2. The highest BCUT2D eigenvalue weighted by molar-refractivity contribution is 9.10. The molecule has 16 heavy (non-hydrogen) atoms. The Balaban J connectivity index is 2.40. The lowest BCUT2D eigenvalue weighted by Crippen LogP contribution is -2.07. The van der Waals surface area contributed by atoms with Gasteiger partial charge >= 0.3 is 0 Å². The van der Waals surface area contributed by atoms with Gasteiger partial charge in [-0.05, 0) is 28.8 Å². The summed E-state index contributed by atoms with van der Waals surface area (Å²) in [6.45, 7) is 0. The van der Waals surface area contributed by atoms with Crippen LogP contribution in [0.2, 0.25) is 5.15 Å². The third-order valence-electron chi connectivity index (χ3n) is 2.24. The second-order valence-corrected chi connectivity index (χ2v) is 7.27. The average Bonchev–Trinajstić information content (AvgIpc) is 2.91. The molecule has 1 aliphatic carbocycles. The molecular formula is C9H10BrClN2O2S. The first-order valence-electron chi connectivity index (χ1n) is 4.76. The van der Waals surface area contributed by atoms with E-state index in [1.54, 1.807) is 0 Å². The van der Waals surface area contributed by atoms with Crippen molar-refractivity contribution in [3.05, 3.63) is 21.1 Å². The minimum absolute atomic E-state index is 0.167. The van der Waals surface area contributed by atoms with Gasteiger partial charge in [0, 0.05) is 12.2 Å². The summed E-state index contributed by atoms with van der Waals surface area (Å²) < 4.78 is 23.0. The van der Waals surface area contributed by atoms with Crippen LogP contribution in [0.25, 0.3) is 0 Å². The molecule has 2 rings (SSSR count).